The van der Waals surface area contributed by atoms with Crippen molar-refractivity contribution < 1.29 is 9.47 Å². The molecule has 1 aromatic rings. The van der Waals surface area contributed by atoms with Crippen LogP contribution in [-0.4, -0.2) is 18.7 Å². The minimum absolute atomic E-state index is 0.321. The average Bonchev–Trinajstić information content (AvgIpc) is 2.18. The molecule has 76 valence electrons. The van der Waals surface area contributed by atoms with E-state index in [-0.39, 0.29) is 0 Å². The van der Waals surface area contributed by atoms with E-state index in [4.69, 9.17) is 15.2 Å². The summed E-state index contributed by atoms with van der Waals surface area (Å²) in [5.41, 5.74) is 6.36. The van der Waals surface area contributed by atoms with Gasteiger partial charge in [0.15, 0.2) is 0 Å². The van der Waals surface area contributed by atoms with E-state index in [0.717, 1.165) is 11.3 Å². The molecule has 0 aliphatic carbocycles. The lowest BCUT2D eigenvalue weighted by Gasteiger charge is -2.04. The number of methoxy groups -OCH3 is 1. The molecule has 3 nitrogen and oxygen atoms in total. The number of rotatable bonds is 5. The molecule has 0 aromatic heterocycles. The van der Waals surface area contributed by atoms with Gasteiger partial charge < -0.3 is 15.2 Å². The lowest BCUT2D eigenvalue weighted by Crippen LogP contribution is -2.15. The van der Waals surface area contributed by atoms with Crippen molar-refractivity contribution in [1.29, 1.82) is 0 Å². The lowest BCUT2D eigenvalue weighted by molar-refractivity contribution is 0.158. The van der Waals surface area contributed by atoms with Gasteiger partial charge in [-0.1, -0.05) is 24.4 Å². The Kier molecular flexibility index (Phi) is 4.35. The number of hydrogen-bond donors (Lipinski definition) is 1. The fourth-order valence-corrected chi connectivity index (χ4v) is 1.07. The summed E-state index contributed by atoms with van der Waals surface area (Å²) in [5.74, 6) is 0.836. The highest BCUT2D eigenvalue weighted by Gasteiger charge is 1.95. The van der Waals surface area contributed by atoms with Gasteiger partial charge in [0.1, 0.15) is 5.75 Å². The molecule has 0 spiro atoms. The first-order chi connectivity index (χ1) is 6.72. The molecule has 0 heterocycles. The van der Waals surface area contributed by atoms with Crippen molar-refractivity contribution in [3.8, 4) is 5.75 Å². The van der Waals surface area contributed by atoms with Crippen molar-refractivity contribution in [3.63, 3.8) is 0 Å². The first kappa shape index (κ1) is 10.9. The van der Waals surface area contributed by atoms with Gasteiger partial charge in [0.25, 0.3) is 0 Å². The zero-order chi connectivity index (χ0) is 10.4. The van der Waals surface area contributed by atoms with E-state index in [0.29, 0.717) is 18.2 Å². The molecule has 1 rings (SSSR count). The van der Waals surface area contributed by atoms with Gasteiger partial charge in [0.2, 0.25) is 0 Å². The zero-order valence-corrected chi connectivity index (χ0v) is 8.84. The summed E-state index contributed by atoms with van der Waals surface area (Å²) in [7, 11) is 1.64. The van der Waals surface area contributed by atoms with Crippen LogP contribution in [0.3, 0.4) is 0 Å². The molecular weight excluding hydrogens is 198 g/mol. The van der Waals surface area contributed by atoms with Crippen LogP contribution in [0.4, 0.5) is 0 Å². The zero-order valence-electron chi connectivity index (χ0n) is 8.03. The molecule has 0 bridgehead atoms. The Morgan fingerprint density at radius 2 is 2.00 bits per heavy atom. The number of benzene rings is 1. The van der Waals surface area contributed by atoms with Crippen LogP contribution >= 0.6 is 12.2 Å². The van der Waals surface area contributed by atoms with Crippen LogP contribution in [0.25, 0.3) is 0 Å². The second-order valence-corrected chi connectivity index (χ2v) is 3.33. The van der Waals surface area contributed by atoms with E-state index in [2.05, 4.69) is 12.2 Å². The Balaban J connectivity index is 2.40. The molecule has 0 atom stereocenters. The highest BCUT2D eigenvalue weighted by molar-refractivity contribution is 7.80. The van der Waals surface area contributed by atoms with Crippen LogP contribution < -0.4 is 10.5 Å². The molecule has 0 amide bonds. The maximum atomic E-state index is 5.29. The molecule has 0 aliphatic heterocycles. The Morgan fingerprint density at radius 1 is 1.36 bits per heavy atom. The Bertz CT molecular complexity index is 297. The normalized spacial score (nSPS) is 9.79. The minimum atomic E-state index is 0.321. The van der Waals surface area contributed by atoms with E-state index in [1.165, 1.54) is 0 Å². The van der Waals surface area contributed by atoms with Crippen LogP contribution in [0.1, 0.15) is 5.56 Å². The molecule has 0 fully saturated rings. The van der Waals surface area contributed by atoms with Crippen molar-refractivity contribution in [2.45, 2.75) is 6.61 Å². The fourth-order valence-electron chi connectivity index (χ4n) is 0.991. The highest BCUT2D eigenvalue weighted by Crippen LogP contribution is 2.11. The molecular formula is C10H13NO2S. The smallest absolute Gasteiger partial charge is 0.118 e. The van der Waals surface area contributed by atoms with Gasteiger partial charge in [0, 0.05) is 0 Å². The standard InChI is InChI=1S/C10H13NO2S/c1-12-9-4-2-8(3-5-9)6-13-7-10(11)14/h2-5H,6-7H2,1H3,(H2,11,14). The Morgan fingerprint density at radius 3 is 2.50 bits per heavy atom. The predicted molar refractivity (Wildman–Crippen MR) is 59.4 cm³/mol. The molecule has 0 unspecified atom stereocenters. The topological polar surface area (TPSA) is 44.5 Å². The van der Waals surface area contributed by atoms with Gasteiger partial charge >= 0.3 is 0 Å². The van der Waals surface area contributed by atoms with E-state index in [9.17, 15) is 0 Å². The second-order valence-electron chi connectivity index (χ2n) is 2.81. The van der Waals surface area contributed by atoms with Crippen molar-refractivity contribution in [3.05, 3.63) is 29.8 Å². The fraction of sp³-hybridized carbons (Fsp3) is 0.300. The molecule has 14 heavy (non-hydrogen) atoms. The van der Waals surface area contributed by atoms with Crippen LogP contribution in [0.2, 0.25) is 0 Å². The van der Waals surface area contributed by atoms with Gasteiger partial charge in [-0.25, -0.2) is 0 Å². The van der Waals surface area contributed by atoms with Gasteiger partial charge in [-0.2, -0.15) is 0 Å². The van der Waals surface area contributed by atoms with E-state index < -0.39 is 0 Å². The van der Waals surface area contributed by atoms with Crippen molar-refractivity contribution in [2.75, 3.05) is 13.7 Å². The van der Waals surface area contributed by atoms with Gasteiger partial charge in [-0.15, -0.1) is 0 Å². The van der Waals surface area contributed by atoms with Gasteiger partial charge in [0.05, 0.1) is 25.3 Å². The molecule has 0 radical (unpaired) electrons. The van der Waals surface area contributed by atoms with E-state index in [1.54, 1.807) is 7.11 Å². The Labute approximate surface area is 88.8 Å². The summed E-state index contributed by atoms with van der Waals surface area (Å²) in [4.78, 5) is 0.374. The first-order valence-electron chi connectivity index (χ1n) is 4.21. The van der Waals surface area contributed by atoms with E-state index in [1.807, 2.05) is 24.3 Å². The van der Waals surface area contributed by atoms with Gasteiger partial charge in [-0.3, -0.25) is 0 Å². The molecule has 0 saturated heterocycles. The summed E-state index contributed by atoms with van der Waals surface area (Å²) in [6.07, 6.45) is 0. The number of thiocarbonyl (C=S) groups is 1. The van der Waals surface area contributed by atoms with Crippen LogP contribution in [0.15, 0.2) is 24.3 Å². The SMILES string of the molecule is COc1ccc(COCC(N)=S)cc1. The monoisotopic (exact) mass is 211 g/mol. The third kappa shape index (κ3) is 3.72. The van der Waals surface area contributed by atoms with Crippen LogP contribution in [0, 0.1) is 0 Å². The second kappa shape index (κ2) is 5.57. The summed E-state index contributed by atoms with van der Waals surface area (Å²) < 4.78 is 10.3. The Hall–Kier alpha value is -1.13. The average molecular weight is 211 g/mol. The maximum Gasteiger partial charge on any atom is 0.118 e. The summed E-state index contributed by atoms with van der Waals surface area (Å²) >= 11 is 4.68. The summed E-state index contributed by atoms with van der Waals surface area (Å²) in [6.45, 7) is 0.836. The van der Waals surface area contributed by atoms with Crippen molar-refractivity contribution in [1.82, 2.24) is 0 Å². The largest absolute Gasteiger partial charge is 0.497 e. The maximum absolute atomic E-state index is 5.29. The molecule has 2 N–H and O–H groups in total. The third-order valence-corrected chi connectivity index (χ3v) is 1.79. The highest BCUT2D eigenvalue weighted by atomic mass is 32.1. The lowest BCUT2D eigenvalue weighted by atomic mass is 10.2. The quantitative estimate of drug-likeness (QED) is 0.750. The third-order valence-electron chi connectivity index (χ3n) is 1.67. The van der Waals surface area contributed by atoms with Crippen LogP contribution in [0.5, 0.6) is 5.75 Å². The molecule has 0 aliphatic rings. The molecule has 4 heteroatoms. The number of hydrogen-bond acceptors (Lipinski definition) is 3. The summed E-state index contributed by atoms with van der Waals surface area (Å²) in [6, 6.07) is 7.66. The number of ether oxygens (including phenoxy) is 2. The van der Waals surface area contributed by atoms with Crippen molar-refractivity contribution in [2.24, 2.45) is 5.73 Å². The number of nitrogens with two attached hydrogens (primary N) is 1. The summed E-state index contributed by atoms with van der Waals surface area (Å²) in [5, 5.41) is 0. The molecule has 1 aromatic carbocycles. The predicted octanol–water partition coefficient (Wildman–Crippen LogP) is 1.50. The van der Waals surface area contributed by atoms with Gasteiger partial charge in [-0.05, 0) is 17.7 Å². The first-order valence-corrected chi connectivity index (χ1v) is 4.62. The molecule has 0 saturated carbocycles. The van der Waals surface area contributed by atoms with Crippen molar-refractivity contribution >= 4 is 17.2 Å². The van der Waals surface area contributed by atoms with Crippen LogP contribution in [-0.2, 0) is 11.3 Å². The van der Waals surface area contributed by atoms with E-state index >= 15 is 0 Å². The minimum Gasteiger partial charge on any atom is -0.497 e.